The lowest BCUT2D eigenvalue weighted by Crippen LogP contribution is -2.33. The summed E-state index contributed by atoms with van der Waals surface area (Å²) in [6.07, 6.45) is 0. The fraction of sp³-hybridized carbons (Fsp3) is 0.176. The van der Waals surface area contributed by atoms with Crippen molar-refractivity contribution >= 4 is 11.8 Å². The van der Waals surface area contributed by atoms with E-state index in [1.54, 1.807) is 0 Å². The summed E-state index contributed by atoms with van der Waals surface area (Å²) in [5.41, 5.74) is 0.969. The first-order chi connectivity index (χ1) is 11.4. The van der Waals surface area contributed by atoms with Gasteiger partial charge in [0.15, 0.2) is 17.5 Å². The van der Waals surface area contributed by atoms with Crippen LogP contribution in [0.25, 0.3) is 11.1 Å². The van der Waals surface area contributed by atoms with Gasteiger partial charge in [-0.3, -0.25) is 9.59 Å². The van der Waals surface area contributed by atoms with E-state index in [-0.39, 0.29) is 23.9 Å². The van der Waals surface area contributed by atoms with Gasteiger partial charge in [-0.05, 0) is 35.4 Å². The Morgan fingerprint density at radius 1 is 0.875 bits per heavy atom. The van der Waals surface area contributed by atoms with Crippen LogP contribution in [-0.4, -0.2) is 24.9 Å². The molecule has 0 unspecified atom stereocenters. The molecule has 0 spiro atoms. The molecule has 2 amide bonds. The van der Waals surface area contributed by atoms with Crippen molar-refractivity contribution in [1.82, 2.24) is 10.6 Å². The lowest BCUT2D eigenvalue weighted by molar-refractivity contribution is -0.118. The molecule has 2 aromatic rings. The molecule has 0 aliphatic carbocycles. The Bertz CT molecular complexity index is 738. The van der Waals surface area contributed by atoms with Crippen LogP contribution in [0.3, 0.4) is 0 Å². The van der Waals surface area contributed by atoms with Gasteiger partial charge >= 0.3 is 0 Å². The van der Waals surface area contributed by atoms with Crippen molar-refractivity contribution in [3.8, 4) is 11.1 Å². The molecule has 24 heavy (non-hydrogen) atoms. The highest BCUT2D eigenvalue weighted by atomic mass is 19.2. The number of amides is 2. The van der Waals surface area contributed by atoms with Gasteiger partial charge in [0.25, 0.3) is 5.91 Å². The largest absolute Gasteiger partial charge is 0.355 e. The Balaban J connectivity index is 2.05. The van der Waals surface area contributed by atoms with Crippen LogP contribution in [-0.2, 0) is 4.79 Å². The van der Waals surface area contributed by atoms with Crippen molar-refractivity contribution in [3.05, 3.63) is 59.4 Å². The molecule has 2 aromatic carbocycles. The van der Waals surface area contributed by atoms with Crippen LogP contribution in [0.15, 0.2) is 36.4 Å². The van der Waals surface area contributed by atoms with Crippen molar-refractivity contribution < 1.29 is 22.8 Å². The van der Waals surface area contributed by atoms with E-state index in [1.165, 1.54) is 31.2 Å². The zero-order valence-corrected chi connectivity index (χ0v) is 12.8. The second-order valence-electron chi connectivity index (χ2n) is 5.07. The number of hydrogen-bond donors (Lipinski definition) is 2. The zero-order chi connectivity index (χ0) is 17.7. The highest BCUT2D eigenvalue weighted by Gasteiger charge is 2.12. The number of hydrogen-bond acceptors (Lipinski definition) is 2. The van der Waals surface area contributed by atoms with Crippen molar-refractivity contribution in [2.75, 3.05) is 13.1 Å². The fourth-order valence-corrected chi connectivity index (χ4v) is 2.05. The summed E-state index contributed by atoms with van der Waals surface area (Å²) in [4.78, 5) is 22.6. The molecule has 0 aliphatic heterocycles. The topological polar surface area (TPSA) is 58.2 Å². The van der Waals surface area contributed by atoms with Gasteiger partial charge in [-0.15, -0.1) is 0 Å². The Kier molecular flexibility index (Phi) is 5.57. The summed E-state index contributed by atoms with van der Waals surface area (Å²) < 4.78 is 39.5. The number of carbonyl (C=O) groups excluding carboxylic acids is 2. The molecule has 0 saturated heterocycles. The molecular formula is C17H15F3N2O2. The Labute approximate surface area is 136 Å². The predicted molar refractivity (Wildman–Crippen MR) is 82.8 cm³/mol. The number of benzene rings is 2. The molecule has 0 atom stereocenters. The highest BCUT2D eigenvalue weighted by Crippen LogP contribution is 2.24. The van der Waals surface area contributed by atoms with E-state index in [9.17, 15) is 22.8 Å². The first-order valence-corrected chi connectivity index (χ1v) is 7.16. The predicted octanol–water partition coefficient (Wildman–Crippen LogP) is 2.64. The molecular weight excluding hydrogens is 321 g/mol. The van der Waals surface area contributed by atoms with E-state index in [4.69, 9.17) is 0 Å². The first-order valence-electron chi connectivity index (χ1n) is 7.16. The lowest BCUT2D eigenvalue weighted by Gasteiger charge is -2.07. The summed E-state index contributed by atoms with van der Waals surface area (Å²) in [5.74, 6) is -4.60. The van der Waals surface area contributed by atoms with E-state index < -0.39 is 17.5 Å². The van der Waals surface area contributed by atoms with E-state index in [0.29, 0.717) is 17.7 Å². The molecule has 0 radical (unpaired) electrons. The molecule has 4 nitrogen and oxygen atoms in total. The maximum atomic E-state index is 13.3. The molecule has 2 N–H and O–H groups in total. The van der Waals surface area contributed by atoms with Crippen LogP contribution in [0, 0.1) is 17.5 Å². The van der Waals surface area contributed by atoms with Gasteiger partial charge in [0.1, 0.15) is 0 Å². The van der Waals surface area contributed by atoms with Crippen LogP contribution in [0.4, 0.5) is 13.2 Å². The Hall–Kier alpha value is -2.83. The molecule has 126 valence electrons. The minimum Gasteiger partial charge on any atom is -0.355 e. The summed E-state index contributed by atoms with van der Waals surface area (Å²) in [7, 11) is 0. The monoisotopic (exact) mass is 336 g/mol. The van der Waals surface area contributed by atoms with Crippen LogP contribution in [0.5, 0.6) is 0 Å². The SMILES string of the molecule is CC(=O)NCCNC(=O)c1ccc(-c2cc(F)c(F)c(F)c2)cc1. The molecule has 2 rings (SSSR count). The molecule has 0 bridgehead atoms. The summed E-state index contributed by atoms with van der Waals surface area (Å²) in [5, 5.41) is 5.16. The van der Waals surface area contributed by atoms with Gasteiger partial charge in [-0.2, -0.15) is 0 Å². The van der Waals surface area contributed by atoms with Crippen molar-refractivity contribution in [2.45, 2.75) is 6.92 Å². The molecule has 0 heterocycles. The van der Waals surface area contributed by atoms with Crippen molar-refractivity contribution in [3.63, 3.8) is 0 Å². The molecule has 0 fully saturated rings. The van der Waals surface area contributed by atoms with Gasteiger partial charge < -0.3 is 10.6 Å². The Morgan fingerprint density at radius 3 is 1.96 bits per heavy atom. The van der Waals surface area contributed by atoms with Gasteiger partial charge in [0.05, 0.1) is 0 Å². The van der Waals surface area contributed by atoms with E-state index in [0.717, 1.165) is 12.1 Å². The first kappa shape index (κ1) is 17.5. The van der Waals surface area contributed by atoms with Gasteiger partial charge in [0, 0.05) is 25.6 Å². The number of rotatable bonds is 5. The third-order valence-electron chi connectivity index (χ3n) is 3.25. The van der Waals surface area contributed by atoms with Crippen LogP contribution >= 0.6 is 0 Å². The van der Waals surface area contributed by atoms with E-state index in [2.05, 4.69) is 10.6 Å². The summed E-state index contributed by atoms with van der Waals surface area (Å²) in [6.45, 7) is 1.96. The highest BCUT2D eigenvalue weighted by molar-refractivity contribution is 5.94. The maximum absolute atomic E-state index is 13.3. The Morgan fingerprint density at radius 2 is 1.42 bits per heavy atom. The van der Waals surface area contributed by atoms with Gasteiger partial charge in [0.2, 0.25) is 5.91 Å². The molecule has 0 aliphatic rings. The summed E-state index contributed by atoms with van der Waals surface area (Å²) in [6, 6.07) is 7.77. The minimum absolute atomic E-state index is 0.170. The van der Waals surface area contributed by atoms with E-state index >= 15 is 0 Å². The average Bonchev–Trinajstić information content (AvgIpc) is 2.56. The zero-order valence-electron chi connectivity index (χ0n) is 12.8. The van der Waals surface area contributed by atoms with Crippen LogP contribution in [0.2, 0.25) is 0 Å². The number of halogens is 3. The van der Waals surface area contributed by atoms with Crippen LogP contribution in [0.1, 0.15) is 17.3 Å². The third-order valence-corrected chi connectivity index (χ3v) is 3.25. The number of carbonyl (C=O) groups is 2. The van der Waals surface area contributed by atoms with E-state index in [1.807, 2.05) is 0 Å². The van der Waals surface area contributed by atoms with Crippen LogP contribution < -0.4 is 10.6 Å². The normalized spacial score (nSPS) is 10.3. The van der Waals surface area contributed by atoms with Gasteiger partial charge in [-0.25, -0.2) is 13.2 Å². The molecule has 0 aromatic heterocycles. The lowest BCUT2D eigenvalue weighted by atomic mass is 10.0. The second kappa shape index (κ2) is 7.63. The standard InChI is InChI=1S/C17H15F3N2O2/c1-10(23)21-6-7-22-17(24)12-4-2-11(3-5-12)13-8-14(18)16(20)15(19)9-13/h2-5,8-9H,6-7H2,1H3,(H,21,23)(H,22,24). The third kappa shape index (κ3) is 4.34. The fourth-order valence-electron chi connectivity index (χ4n) is 2.05. The molecule has 7 heteroatoms. The number of nitrogens with one attached hydrogen (secondary N) is 2. The maximum Gasteiger partial charge on any atom is 0.251 e. The molecule has 0 saturated carbocycles. The average molecular weight is 336 g/mol. The summed E-state index contributed by atoms with van der Waals surface area (Å²) >= 11 is 0. The minimum atomic E-state index is -1.52. The van der Waals surface area contributed by atoms with Crippen molar-refractivity contribution in [2.24, 2.45) is 0 Å². The van der Waals surface area contributed by atoms with Crippen molar-refractivity contribution in [1.29, 1.82) is 0 Å². The second-order valence-corrected chi connectivity index (χ2v) is 5.07. The van der Waals surface area contributed by atoms with Gasteiger partial charge in [-0.1, -0.05) is 12.1 Å². The quantitative estimate of drug-likeness (QED) is 0.651. The smallest absolute Gasteiger partial charge is 0.251 e.